The van der Waals surface area contributed by atoms with E-state index in [4.69, 9.17) is 9.47 Å². The molecule has 0 aliphatic heterocycles. The van der Waals surface area contributed by atoms with E-state index in [0.717, 1.165) is 83.5 Å². The number of aliphatic hydroxyl groups excluding tert-OH is 1. The third-order valence-corrected chi connectivity index (χ3v) is 7.80. The zero-order chi connectivity index (χ0) is 33.6. The molecule has 0 amide bonds. The average molecular weight is 643 g/mol. The van der Waals surface area contributed by atoms with Crippen LogP contribution in [0, 0.1) is 0 Å². The van der Waals surface area contributed by atoms with E-state index in [1.165, 1.54) is 57.8 Å². The molecule has 0 saturated heterocycles. The number of hydrogen-bond acceptors (Lipinski definition) is 5. The molecule has 5 heteroatoms. The van der Waals surface area contributed by atoms with Crippen molar-refractivity contribution in [3.05, 3.63) is 60.8 Å². The fourth-order valence-corrected chi connectivity index (χ4v) is 4.95. The van der Waals surface area contributed by atoms with Gasteiger partial charge in [0.15, 0.2) is 6.10 Å². The van der Waals surface area contributed by atoms with Crippen molar-refractivity contribution in [1.29, 1.82) is 0 Å². The number of allylic oxidation sites excluding steroid dienone is 10. The predicted octanol–water partition coefficient (Wildman–Crippen LogP) is 11.6. The van der Waals surface area contributed by atoms with Gasteiger partial charge in [0.25, 0.3) is 0 Å². The molecule has 264 valence electrons. The number of hydrogen-bond donors (Lipinski definition) is 1. The fraction of sp³-hybridized carbons (Fsp3) is 0.707. The second-order valence-corrected chi connectivity index (χ2v) is 12.3. The molecule has 0 bridgehead atoms. The zero-order valence-corrected chi connectivity index (χ0v) is 29.8. The molecule has 0 aromatic carbocycles. The van der Waals surface area contributed by atoms with Gasteiger partial charge in [0.05, 0.1) is 6.61 Å². The molecule has 0 aromatic heterocycles. The minimum Gasteiger partial charge on any atom is -0.462 e. The van der Waals surface area contributed by atoms with Crippen LogP contribution in [-0.4, -0.2) is 36.4 Å². The van der Waals surface area contributed by atoms with Crippen molar-refractivity contribution in [2.24, 2.45) is 0 Å². The second-order valence-electron chi connectivity index (χ2n) is 12.3. The number of unbranched alkanes of at least 4 members (excludes halogenated alkanes) is 15. The summed E-state index contributed by atoms with van der Waals surface area (Å²) in [4.78, 5) is 24.2. The number of rotatable bonds is 33. The SMILES string of the molecule is CC/C=C\C/C=C\C/C=C\CCCCCCCC(=O)OC[C@H](CO)OC(=O)CCCCCCCCC/C=C\C/C=C\CCCCC. The van der Waals surface area contributed by atoms with Gasteiger partial charge in [-0.05, 0) is 77.0 Å². The fourth-order valence-electron chi connectivity index (χ4n) is 4.95. The van der Waals surface area contributed by atoms with Gasteiger partial charge in [-0.3, -0.25) is 9.59 Å². The van der Waals surface area contributed by atoms with Crippen LogP contribution in [0.5, 0.6) is 0 Å². The van der Waals surface area contributed by atoms with Crippen molar-refractivity contribution >= 4 is 11.9 Å². The van der Waals surface area contributed by atoms with E-state index in [1.807, 2.05) is 0 Å². The lowest BCUT2D eigenvalue weighted by atomic mass is 10.1. The molecule has 0 heterocycles. The molecule has 0 saturated carbocycles. The summed E-state index contributed by atoms with van der Waals surface area (Å²) in [5, 5.41) is 9.54. The Hall–Kier alpha value is -2.40. The molecular formula is C41H70O5. The van der Waals surface area contributed by atoms with Crippen LogP contribution in [0.25, 0.3) is 0 Å². The van der Waals surface area contributed by atoms with Crippen LogP contribution in [0.1, 0.15) is 168 Å². The maximum absolute atomic E-state index is 12.2. The molecule has 0 aliphatic rings. The molecule has 46 heavy (non-hydrogen) atoms. The highest BCUT2D eigenvalue weighted by atomic mass is 16.6. The molecule has 1 atom stereocenters. The Balaban J connectivity index is 3.62. The van der Waals surface area contributed by atoms with Crippen molar-refractivity contribution in [1.82, 2.24) is 0 Å². The zero-order valence-electron chi connectivity index (χ0n) is 29.8. The van der Waals surface area contributed by atoms with Crippen LogP contribution in [0.3, 0.4) is 0 Å². The normalized spacial score (nSPS) is 12.8. The van der Waals surface area contributed by atoms with Crippen LogP contribution in [-0.2, 0) is 19.1 Å². The monoisotopic (exact) mass is 643 g/mol. The second kappa shape index (κ2) is 37.1. The van der Waals surface area contributed by atoms with E-state index in [-0.39, 0.29) is 25.2 Å². The van der Waals surface area contributed by atoms with Crippen molar-refractivity contribution in [3.63, 3.8) is 0 Å². The maximum Gasteiger partial charge on any atom is 0.306 e. The van der Waals surface area contributed by atoms with Crippen LogP contribution in [0.15, 0.2) is 60.8 Å². The first-order chi connectivity index (χ1) is 22.6. The highest BCUT2D eigenvalue weighted by Gasteiger charge is 2.16. The largest absolute Gasteiger partial charge is 0.462 e. The molecular weight excluding hydrogens is 572 g/mol. The lowest BCUT2D eigenvalue weighted by Gasteiger charge is -2.15. The summed E-state index contributed by atoms with van der Waals surface area (Å²) in [6, 6.07) is 0. The highest BCUT2D eigenvalue weighted by molar-refractivity contribution is 5.70. The summed E-state index contributed by atoms with van der Waals surface area (Å²) in [6.45, 7) is 3.96. The van der Waals surface area contributed by atoms with Gasteiger partial charge in [0, 0.05) is 12.8 Å². The lowest BCUT2D eigenvalue weighted by molar-refractivity contribution is -0.161. The number of aliphatic hydroxyl groups is 1. The quantitative estimate of drug-likeness (QED) is 0.0438. The third kappa shape index (κ3) is 34.5. The Labute approximate surface area is 283 Å². The Kier molecular flexibility index (Phi) is 35.1. The molecule has 0 spiro atoms. The van der Waals surface area contributed by atoms with E-state index in [2.05, 4.69) is 74.6 Å². The molecule has 0 rings (SSSR count). The van der Waals surface area contributed by atoms with Crippen LogP contribution in [0.2, 0.25) is 0 Å². The van der Waals surface area contributed by atoms with Crippen LogP contribution >= 0.6 is 0 Å². The standard InChI is InChI=1S/C41H70O5/c1-3-5-7-9-11-13-15-17-19-20-22-24-26-28-30-32-34-36-41(44)46-39(37-42)38-45-40(43)35-33-31-29-27-25-23-21-18-16-14-12-10-8-6-4-2/h6,8,11-14,17-19,21,39,42H,3-5,7,9-10,15-16,20,22-38H2,1-2H3/b8-6-,13-11-,14-12-,19-17-,21-18-/t39-/m0/s1. The van der Waals surface area contributed by atoms with Gasteiger partial charge in [-0.1, -0.05) is 139 Å². The molecule has 0 radical (unpaired) electrons. The Bertz CT molecular complexity index is 823. The van der Waals surface area contributed by atoms with Gasteiger partial charge in [-0.25, -0.2) is 0 Å². The number of carbonyl (C=O) groups is 2. The van der Waals surface area contributed by atoms with Gasteiger partial charge in [-0.15, -0.1) is 0 Å². The van der Waals surface area contributed by atoms with Crippen molar-refractivity contribution in [2.45, 2.75) is 174 Å². The minimum atomic E-state index is -0.784. The lowest BCUT2D eigenvalue weighted by Crippen LogP contribution is -2.28. The summed E-state index contributed by atoms with van der Waals surface area (Å²) in [7, 11) is 0. The van der Waals surface area contributed by atoms with Gasteiger partial charge in [0.2, 0.25) is 0 Å². The Morgan fingerprint density at radius 3 is 1.41 bits per heavy atom. The van der Waals surface area contributed by atoms with Gasteiger partial charge in [0.1, 0.15) is 6.61 Å². The molecule has 0 fully saturated rings. The smallest absolute Gasteiger partial charge is 0.306 e. The van der Waals surface area contributed by atoms with E-state index < -0.39 is 6.10 Å². The predicted molar refractivity (Wildman–Crippen MR) is 196 cm³/mol. The van der Waals surface area contributed by atoms with Crippen LogP contribution in [0.4, 0.5) is 0 Å². The minimum absolute atomic E-state index is 0.0804. The first-order valence-corrected chi connectivity index (χ1v) is 18.8. The summed E-state index contributed by atoms with van der Waals surface area (Å²) < 4.78 is 10.6. The Morgan fingerprint density at radius 2 is 0.935 bits per heavy atom. The van der Waals surface area contributed by atoms with E-state index in [0.29, 0.717) is 12.8 Å². The number of esters is 2. The van der Waals surface area contributed by atoms with Crippen molar-refractivity contribution in [2.75, 3.05) is 13.2 Å². The summed E-state index contributed by atoms with van der Waals surface area (Å²) in [5.41, 5.74) is 0. The number of ether oxygens (including phenoxy) is 2. The Morgan fingerprint density at radius 1 is 0.522 bits per heavy atom. The summed E-state index contributed by atoms with van der Waals surface area (Å²) in [6.07, 6.45) is 47.0. The third-order valence-electron chi connectivity index (χ3n) is 7.80. The highest BCUT2D eigenvalue weighted by Crippen LogP contribution is 2.12. The van der Waals surface area contributed by atoms with Gasteiger partial charge < -0.3 is 14.6 Å². The first-order valence-electron chi connectivity index (χ1n) is 18.8. The van der Waals surface area contributed by atoms with E-state index in [1.54, 1.807) is 0 Å². The maximum atomic E-state index is 12.2. The molecule has 1 N–H and O–H groups in total. The van der Waals surface area contributed by atoms with Crippen molar-refractivity contribution in [3.8, 4) is 0 Å². The number of carbonyl (C=O) groups excluding carboxylic acids is 2. The molecule has 5 nitrogen and oxygen atoms in total. The first kappa shape index (κ1) is 43.6. The molecule has 0 aromatic rings. The summed E-state index contributed by atoms with van der Waals surface area (Å²) >= 11 is 0. The van der Waals surface area contributed by atoms with Crippen molar-refractivity contribution < 1.29 is 24.2 Å². The molecule has 0 unspecified atom stereocenters. The van der Waals surface area contributed by atoms with E-state index >= 15 is 0 Å². The van der Waals surface area contributed by atoms with Gasteiger partial charge in [-0.2, -0.15) is 0 Å². The topological polar surface area (TPSA) is 72.8 Å². The van der Waals surface area contributed by atoms with Crippen LogP contribution < -0.4 is 0 Å². The van der Waals surface area contributed by atoms with E-state index in [9.17, 15) is 14.7 Å². The average Bonchev–Trinajstić information content (AvgIpc) is 3.06. The molecule has 0 aliphatic carbocycles. The van der Waals surface area contributed by atoms with Gasteiger partial charge >= 0.3 is 11.9 Å². The summed E-state index contributed by atoms with van der Waals surface area (Å²) in [5.74, 6) is -0.624.